The largest absolute Gasteiger partial charge is 0.506 e. The normalized spacial score (nSPS) is 18.5. The predicted octanol–water partition coefficient (Wildman–Crippen LogP) is 2.85. The third-order valence-corrected chi connectivity index (χ3v) is 3.22. The number of hydrogen-bond donors (Lipinski definition) is 1. The fraction of sp³-hybridized carbons (Fsp3) is 0.364. The SMILES string of the molecule is [N-]=[N+]=NCC1CC(=O)N(c2cc(O)c(Cl)cc2F)C1. The molecule has 1 aliphatic rings. The first-order valence-corrected chi connectivity index (χ1v) is 5.90. The molecule has 1 heterocycles. The maximum Gasteiger partial charge on any atom is 0.227 e. The molecular formula is C11H10ClFN4O2. The molecule has 6 nitrogen and oxygen atoms in total. The minimum absolute atomic E-state index is 0.0182. The molecule has 1 N–H and O–H groups in total. The number of phenols is 1. The highest BCUT2D eigenvalue weighted by molar-refractivity contribution is 6.32. The van der Waals surface area contributed by atoms with Crippen LogP contribution >= 0.6 is 11.6 Å². The highest BCUT2D eigenvalue weighted by atomic mass is 35.5. The van der Waals surface area contributed by atoms with Crippen molar-refractivity contribution in [3.05, 3.63) is 33.4 Å². The van der Waals surface area contributed by atoms with E-state index in [9.17, 15) is 14.3 Å². The van der Waals surface area contributed by atoms with E-state index >= 15 is 0 Å². The highest BCUT2D eigenvalue weighted by Crippen LogP contribution is 2.34. The Morgan fingerprint density at radius 2 is 2.37 bits per heavy atom. The van der Waals surface area contributed by atoms with E-state index in [2.05, 4.69) is 10.0 Å². The lowest BCUT2D eigenvalue weighted by Crippen LogP contribution is -2.25. The topological polar surface area (TPSA) is 89.3 Å². The zero-order valence-electron chi connectivity index (χ0n) is 9.75. The Bertz CT molecular complexity index is 574. The molecule has 100 valence electrons. The number of carbonyl (C=O) groups is 1. The summed E-state index contributed by atoms with van der Waals surface area (Å²) in [6, 6.07) is 2.08. The van der Waals surface area contributed by atoms with Gasteiger partial charge >= 0.3 is 0 Å². The number of azide groups is 1. The van der Waals surface area contributed by atoms with Crippen LogP contribution in [0.4, 0.5) is 10.1 Å². The van der Waals surface area contributed by atoms with Crippen LogP contribution < -0.4 is 4.90 Å². The Morgan fingerprint density at radius 1 is 1.63 bits per heavy atom. The predicted molar refractivity (Wildman–Crippen MR) is 67.5 cm³/mol. The number of amides is 1. The lowest BCUT2D eigenvalue weighted by molar-refractivity contribution is -0.117. The molecule has 0 aliphatic carbocycles. The lowest BCUT2D eigenvalue weighted by Gasteiger charge is -2.17. The number of benzene rings is 1. The summed E-state index contributed by atoms with van der Waals surface area (Å²) in [4.78, 5) is 15.7. The summed E-state index contributed by atoms with van der Waals surface area (Å²) >= 11 is 5.58. The molecule has 0 bridgehead atoms. The number of nitrogens with zero attached hydrogens (tertiary/aromatic N) is 4. The molecule has 1 unspecified atom stereocenters. The molecule has 1 aliphatic heterocycles. The monoisotopic (exact) mass is 284 g/mol. The van der Waals surface area contributed by atoms with E-state index in [1.54, 1.807) is 0 Å². The summed E-state index contributed by atoms with van der Waals surface area (Å²) in [5, 5.41) is 12.8. The van der Waals surface area contributed by atoms with Crippen LogP contribution in [0.5, 0.6) is 5.75 Å². The van der Waals surface area contributed by atoms with E-state index in [0.717, 1.165) is 12.1 Å². The van der Waals surface area contributed by atoms with Crippen LogP contribution in [0, 0.1) is 11.7 Å². The number of carbonyl (C=O) groups excluding carboxylic acids is 1. The summed E-state index contributed by atoms with van der Waals surface area (Å²) in [7, 11) is 0. The second-order valence-corrected chi connectivity index (χ2v) is 4.65. The molecule has 1 fully saturated rings. The van der Waals surface area contributed by atoms with Gasteiger partial charge in [0.15, 0.2) is 0 Å². The molecule has 1 atom stereocenters. The van der Waals surface area contributed by atoms with Gasteiger partial charge in [-0.25, -0.2) is 4.39 Å². The van der Waals surface area contributed by atoms with Crippen LogP contribution in [0.1, 0.15) is 6.42 Å². The third kappa shape index (κ3) is 2.72. The standard InChI is InChI=1S/C11H10ClFN4O2/c12-7-2-8(13)9(3-10(7)18)17-5-6(1-11(17)19)4-15-16-14/h2-3,6,18H,1,4-5H2. The molecule has 0 saturated carbocycles. The molecule has 1 aromatic rings. The van der Waals surface area contributed by atoms with Crippen LogP contribution in [0.15, 0.2) is 17.2 Å². The first kappa shape index (κ1) is 13.5. The van der Waals surface area contributed by atoms with Crippen molar-refractivity contribution >= 4 is 23.2 Å². The number of phenolic OH excluding ortho intramolecular Hbond substituents is 1. The number of aromatic hydroxyl groups is 1. The number of halogens is 2. The zero-order valence-corrected chi connectivity index (χ0v) is 10.5. The van der Waals surface area contributed by atoms with Crippen molar-refractivity contribution in [2.45, 2.75) is 6.42 Å². The smallest absolute Gasteiger partial charge is 0.227 e. The van der Waals surface area contributed by atoms with Gasteiger partial charge in [-0.05, 0) is 17.5 Å². The second-order valence-electron chi connectivity index (χ2n) is 4.24. The molecule has 19 heavy (non-hydrogen) atoms. The first-order chi connectivity index (χ1) is 9.02. The van der Waals surface area contributed by atoms with Crippen molar-refractivity contribution in [1.82, 2.24) is 0 Å². The molecule has 2 rings (SSSR count). The summed E-state index contributed by atoms with van der Waals surface area (Å²) in [5.41, 5.74) is 8.22. The van der Waals surface area contributed by atoms with E-state index < -0.39 is 5.82 Å². The minimum Gasteiger partial charge on any atom is -0.506 e. The molecule has 0 aromatic heterocycles. The third-order valence-electron chi connectivity index (χ3n) is 2.92. The molecule has 0 radical (unpaired) electrons. The van der Waals surface area contributed by atoms with Crippen molar-refractivity contribution in [2.75, 3.05) is 18.0 Å². The Labute approximate surface area is 113 Å². The van der Waals surface area contributed by atoms with E-state index in [0.29, 0.717) is 0 Å². The molecule has 0 spiro atoms. The Hall–Kier alpha value is -1.98. The summed E-state index contributed by atoms with van der Waals surface area (Å²) < 4.78 is 13.8. The van der Waals surface area contributed by atoms with Gasteiger partial charge in [-0.3, -0.25) is 4.79 Å². The average Bonchev–Trinajstić information content (AvgIpc) is 2.72. The van der Waals surface area contributed by atoms with Gasteiger partial charge in [0.2, 0.25) is 5.91 Å². The van der Waals surface area contributed by atoms with Crippen molar-refractivity contribution in [1.29, 1.82) is 0 Å². The molecule has 1 amide bonds. The lowest BCUT2D eigenvalue weighted by atomic mass is 10.1. The van der Waals surface area contributed by atoms with Crippen LogP contribution in [-0.4, -0.2) is 24.1 Å². The van der Waals surface area contributed by atoms with Gasteiger partial charge in [-0.2, -0.15) is 0 Å². The maximum absolute atomic E-state index is 13.8. The Balaban J connectivity index is 2.25. The maximum atomic E-state index is 13.8. The first-order valence-electron chi connectivity index (χ1n) is 5.52. The number of hydrogen-bond acceptors (Lipinski definition) is 3. The van der Waals surface area contributed by atoms with Crippen molar-refractivity contribution in [2.24, 2.45) is 11.0 Å². The molecule has 1 aromatic carbocycles. The van der Waals surface area contributed by atoms with Gasteiger partial charge in [-0.1, -0.05) is 16.7 Å². The molecule has 8 heteroatoms. The van der Waals surface area contributed by atoms with Crippen LogP contribution in [0.3, 0.4) is 0 Å². The van der Waals surface area contributed by atoms with Crippen molar-refractivity contribution in [3.63, 3.8) is 0 Å². The molecular weight excluding hydrogens is 275 g/mol. The zero-order chi connectivity index (χ0) is 14.0. The fourth-order valence-electron chi connectivity index (χ4n) is 2.02. The van der Waals surface area contributed by atoms with Crippen LogP contribution in [-0.2, 0) is 4.79 Å². The minimum atomic E-state index is -0.680. The van der Waals surface area contributed by atoms with Gasteiger partial charge in [-0.15, -0.1) is 0 Å². The van der Waals surface area contributed by atoms with Crippen LogP contribution in [0.25, 0.3) is 10.4 Å². The molecule has 1 saturated heterocycles. The number of rotatable bonds is 3. The second kappa shape index (κ2) is 5.34. The quantitative estimate of drug-likeness (QED) is 0.525. The van der Waals surface area contributed by atoms with Gasteiger partial charge in [0.25, 0.3) is 0 Å². The fourth-order valence-corrected chi connectivity index (χ4v) is 2.17. The summed E-state index contributed by atoms with van der Waals surface area (Å²) in [5.74, 6) is -1.40. The Kier molecular flexibility index (Phi) is 3.78. The van der Waals surface area contributed by atoms with Crippen molar-refractivity contribution in [3.8, 4) is 5.75 Å². The van der Waals surface area contributed by atoms with Gasteiger partial charge in [0, 0.05) is 30.5 Å². The average molecular weight is 285 g/mol. The van der Waals surface area contributed by atoms with Gasteiger partial charge in [0.05, 0.1) is 10.7 Å². The van der Waals surface area contributed by atoms with Crippen molar-refractivity contribution < 1.29 is 14.3 Å². The summed E-state index contributed by atoms with van der Waals surface area (Å²) in [6.07, 6.45) is 0.182. The van der Waals surface area contributed by atoms with Gasteiger partial charge in [0.1, 0.15) is 11.6 Å². The van der Waals surface area contributed by atoms with E-state index in [-0.39, 0.29) is 47.8 Å². The number of anilines is 1. The Morgan fingerprint density at radius 3 is 3.05 bits per heavy atom. The highest BCUT2D eigenvalue weighted by Gasteiger charge is 2.32. The van der Waals surface area contributed by atoms with E-state index in [4.69, 9.17) is 17.1 Å². The van der Waals surface area contributed by atoms with Gasteiger partial charge < -0.3 is 10.0 Å². The van der Waals surface area contributed by atoms with E-state index in [1.807, 2.05) is 0 Å². The summed E-state index contributed by atoms with van der Waals surface area (Å²) in [6.45, 7) is 0.426. The van der Waals surface area contributed by atoms with E-state index in [1.165, 1.54) is 4.90 Å². The van der Waals surface area contributed by atoms with Crippen LogP contribution in [0.2, 0.25) is 5.02 Å².